The summed E-state index contributed by atoms with van der Waals surface area (Å²) in [5, 5.41) is 7.67. The molecule has 1 aromatic carbocycles. The number of hydrogen-bond donors (Lipinski definition) is 1. The highest BCUT2D eigenvalue weighted by atomic mass is 15.3. The van der Waals surface area contributed by atoms with Gasteiger partial charge in [0.1, 0.15) is 0 Å². The minimum Gasteiger partial charge on any atom is -0.313 e. The Kier molecular flexibility index (Phi) is 3.59. The van der Waals surface area contributed by atoms with Crippen LogP contribution in [0.5, 0.6) is 0 Å². The van der Waals surface area contributed by atoms with Gasteiger partial charge in [0.2, 0.25) is 0 Å². The molecule has 0 spiro atoms. The van der Waals surface area contributed by atoms with Crippen LogP contribution in [0.15, 0.2) is 30.6 Å². The first-order valence-electron chi connectivity index (χ1n) is 6.02. The fraction of sp³-hybridized carbons (Fsp3) is 0.357. The van der Waals surface area contributed by atoms with E-state index in [0.717, 1.165) is 18.8 Å². The maximum absolute atomic E-state index is 4.32. The first-order valence-corrected chi connectivity index (χ1v) is 6.02. The smallest absolute Gasteiger partial charge is 0.0648 e. The number of aromatic nitrogens is 2. The van der Waals surface area contributed by atoms with Crippen LogP contribution in [0.4, 0.5) is 0 Å². The third kappa shape index (κ3) is 2.74. The highest BCUT2D eigenvalue weighted by Gasteiger charge is 2.02. The number of aryl methyl sites for hydroxylation is 2. The first-order chi connectivity index (χ1) is 8.20. The Morgan fingerprint density at radius 3 is 2.71 bits per heavy atom. The van der Waals surface area contributed by atoms with Crippen LogP contribution < -0.4 is 5.32 Å². The third-order valence-corrected chi connectivity index (χ3v) is 2.87. The van der Waals surface area contributed by atoms with Crippen LogP contribution in [0.1, 0.15) is 23.6 Å². The van der Waals surface area contributed by atoms with E-state index in [1.165, 1.54) is 16.7 Å². The van der Waals surface area contributed by atoms with Gasteiger partial charge in [0.15, 0.2) is 0 Å². The Balaban J connectivity index is 2.24. The van der Waals surface area contributed by atoms with E-state index in [0.29, 0.717) is 0 Å². The lowest BCUT2D eigenvalue weighted by Crippen LogP contribution is -2.12. The van der Waals surface area contributed by atoms with Gasteiger partial charge in [0, 0.05) is 12.7 Å². The fourth-order valence-corrected chi connectivity index (χ4v) is 1.83. The number of hydrogen-bond acceptors (Lipinski definition) is 2. The average molecular weight is 229 g/mol. The Morgan fingerprint density at radius 2 is 2.12 bits per heavy atom. The van der Waals surface area contributed by atoms with Crippen molar-refractivity contribution in [2.45, 2.75) is 27.3 Å². The van der Waals surface area contributed by atoms with Gasteiger partial charge in [-0.3, -0.25) is 0 Å². The monoisotopic (exact) mass is 229 g/mol. The van der Waals surface area contributed by atoms with Crippen LogP contribution in [-0.2, 0) is 6.54 Å². The molecule has 1 aromatic heterocycles. The van der Waals surface area contributed by atoms with Crippen LogP contribution in [0, 0.1) is 13.8 Å². The maximum atomic E-state index is 4.32. The van der Waals surface area contributed by atoms with Gasteiger partial charge in [-0.25, -0.2) is 4.68 Å². The van der Waals surface area contributed by atoms with Crippen molar-refractivity contribution in [3.8, 4) is 5.69 Å². The molecule has 0 unspecified atom stereocenters. The van der Waals surface area contributed by atoms with Crippen molar-refractivity contribution >= 4 is 0 Å². The van der Waals surface area contributed by atoms with E-state index in [1.54, 1.807) is 0 Å². The molecule has 0 atom stereocenters. The standard InChI is InChI=1S/C14H19N3/c1-4-15-9-13-5-6-14(7-12(13)3)17-10-11(2)8-16-17/h5-8,10,15H,4,9H2,1-3H3. The molecule has 0 saturated heterocycles. The molecule has 0 amide bonds. The summed E-state index contributed by atoms with van der Waals surface area (Å²) < 4.78 is 1.92. The number of rotatable bonds is 4. The van der Waals surface area contributed by atoms with E-state index < -0.39 is 0 Å². The summed E-state index contributed by atoms with van der Waals surface area (Å²) in [5.41, 5.74) is 4.95. The van der Waals surface area contributed by atoms with E-state index in [4.69, 9.17) is 0 Å². The maximum Gasteiger partial charge on any atom is 0.0648 e. The van der Waals surface area contributed by atoms with Gasteiger partial charge in [0.25, 0.3) is 0 Å². The molecule has 3 heteroatoms. The zero-order valence-corrected chi connectivity index (χ0v) is 10.7. The highest BCUT2D eigenvalue weighted by molar-refractivity contribution is 5.39. The molecular weight excluding hydrogens is 210 g/mol. The highest BCUT2D eigenvalue weighted by Crippen LogP contribution is 2.14. The number of nitrogens with one attached hydrogen (secondary N) is 1. The fourth-order valence-electron chi connectivity index (χ4n) is 1.83. The van der Waals surface area contributed by atoms with Gasteiger partial charge in [-0.1, -0.05) is 13.0 Å². The van der Waals surface area contributed by atoms with Crippen LogP contribution in [0.3, 0.4) is 0 Å². The van der Waals surface area contributed by atoms with Crippen LogP contribution in [0.2, 0.25) is 0 Å². The lowest BCUT2D eigenvalue weighted by atomic mass is 10.1. The summed E-state index contributed by atoms with van der Waals surface area (Å²) >= 11 is 0. The predicted molar refractivity (Wildman–Crippen MR) is 70.4 cm³/mol. The minimum absolute atomic E-state index is 0.931. The molecule has 1 heterocycles. The zero-order valence-electron chi connectivity index (χ0n) is 10.7. The van der Waals surface area contributed by atoms with Gasteiger partial charge < -0.3 is 5.32 Å². The van der Waals surface area contributed by atoms with Crippen molar-refractivity contribution in [2.75, 3.05) is 6.54 Å². The second-order valence-corrected chi connectivity index (χ2v) is 4.35. The molecule has 0 bridgehead atoms. The van der Waals surface area contributed by atoms with E-state index in [1.807, 2.05) is 17.1 Å². The van der Waals surface area contributed by atoms with E-state index in [9.17, 15) is 0 Å². The second-order valence-electron chi connectivity index (χ2n) is 4.35. The molecule has 17 heavy (non-hydrogen) atoms. The summed E-state index contributed by atoms with van der Waals surface area (Å²) in [6.07, 6.45) is 3.92. The quantitative estimate of drug-likeness (QED) is 0.873. The minimum atomic E-state index is 0.931. The normalized spacial score (nSPS) is 10.8. The molecule has 0 aliphatic carbocycles. The molecule has 0 aliphatic rings. The van der Waals surface area contributed by atoms with Gasteiger partial charge in [-0.2, -0.15) is 5.10 Å². The van der Waals surface area contributed by atoms with Gasteiger partial charge in [-0.15, -0.1) is 0 Å². The molecular formula is C14H19N3. The van der Waals surface area contributed by atoms with Crippen molar-refractivity contribution < 1.29 is 0 Å². The molecule has 2 aromatic rings. The van der Waals surface area contributed by atoms with Crippen molar-refractivity contribution in [1.29, 1.82) is 0 Å². The van der Waals surface area contributed by atoms with Gasteiger partial charge in [0.05, 0.1) is 11.9 Å². The lowest BCUT2D eigenvalue weighted by Gasteiger charge is -2.09. The van der Waals surface area contributed by atoms with Crippen molar-refractivity contribution in [2.24, 2.45) is 0 Å². The topological polar surface area (TPSA) is 29.9 Å². The van der Waals surface area contributed by atoms with E-state index >= 15 is 0 Å². The Hall–Kier alpha value is -1.61. The molecule has 2 rings (SSSR count). The number of benzene rings is 1. The van der Waals surface area contributed by atoms with Crippen LogP contribution >= 0.6 is 0 Å². The van der Waals surface area contributed by atoms with Crippen molar-refractivity contribution in [3.63, 3.8) is 0 Å². The summed E-state index contributed by atoms with van der Waals surface area (Å²) in [4.78, 5) is 0. The molecule has 0 aliphatic heterocycles. The van der Waals surface area contributed by atoms with Crippen LogP contribution in [0.25, 0.3) is 5.69 Å². The zero-order chi connectivity index (χ0) is 12.3. The predicted octanol–water partition coefficient (Wildman–Crippen LogP) is 2.60. The summed E-state index contributed by atoms with van der Waals surface area (Å²) in [7, 11) is 0. The molecule has 1 N–H and O–H groups in total. The summed E-state index contributed by atoms with van der Waals surface area (Å²) in [6.45, 7) is 8.25. The Bertz CT molecular complexity index is 500. The van der Waals surface area contributed by atoms with Gasteiger partial charge >= 0.3 is 0 Å². The average Bonchev–Trinajstić information content (AvgIpc) is 2.74. The molecule has 3 nitrogen and oxygen atoms in total. The summed E-state index contributed by atoms with van der Waals surface area (Å²) in [5.74, 6) is 0. The van der Waals surface area contributed by atoms with E-state index in [2.05, 4.69) is 49.4 Å². The van der Waals surface area contributed by atoms with Crippen molar-refractivity contribution in [1.82, 2.24) is 15.1 Å². The largest absolute Gasteiger partial charge is 0.313 e. The van der Waals surface area contributed by atoms with E-state index in [-0.39, 0.29) is 0 Å². The van der Waals surface area contributed by atoms with Crippen molar-refractivity contribution in [3.05, 3.63) is 47.3 Å². The second kappa shape index (κ2) is 5.15. The molecule has 0 saturated carbocycles. The Labute approximate surface area is 102 Å². The molecule has 0 fully saturated rings. The van der Waals surface area contributed by atoms with Crippen LogP contribution in [-0.4, -0.2) is 16.3 Å². The summed E-state index contributed by atoms with van der Waals surface area (Å²) in [6, 6.07) is 6.47. The lowest BCUT2D eigenvalue weighted by molar-refractivity contribution is 0.723. The third-order valence-electron chi connectivity index (χ3n) is 2.87. The molecule has 90 valence electrons. The Morgan fingerprint density at radius 1 is 1.29 bits per heavy atom. The SMILES string of the molecule is CCNCc1ccc(-n2cc(C)cn2)cc1C. The first kappa shape index (κ1) is 11.9. The number of nitrogens with zero attached hydrogens (tertiary/aromatic N) is 2. The van der Waals surface area contributed by atoms with Gasteiger partial charge in [-0.05, 0) is 49.2 Å². The molecule has 0 radical (unpaired) electrons.